The number of imide groups is 1. The summed E-state index contributed by atoms with van der Waals surface area (Å²) in [5, 5.41) is 2.80. The number of pyridine rings is 1. The first-order valence-electron chi connectivity index (χ1n) is 9.67. The van der Waals surface area contributed by atoms with Crippen molar-refractivity contribution in [3.63, 3.8) is 0 Å². The number of nitrogens with zero attached hydrogens (tertiary/aromatic N) is 3. The molecular formula is C21H22N4O4. The van der Waals surface area contributed by atoms with E-state index in [4.69, 9.17) is 4.74 Å². The van der Waals surface area contributed by atoms with Gasteiger partial charge in [-0.1, -0.05) is 12.1 Å². The summed E-state index contributed by atoms with van der Waals surface area (Å²) in [4.78, 5) is 44.6. The smallest absolute Gasteiger partial charge is 0.261 e. The Labute approximate surface area is 168 Å². The molecule has 1 fully saturated rings. The minimum Gasteiger partial charge on any atom is -0.378 e. The number of amides is 3. The molecule has 1 aromatic heterocycles. The highest BCUT2D eigenvalue weighted by molar-refractivity contribution is 6.21. The van der Waals surface area contributed by atoms with E-state index < -0.39 is 0 Å². The first-order chi connectivity index (χ1) is 14.1. The van der Waals surface area contributed by atoms with Gasteiger partial charge in [0.05, 0.1) is 36.2 Å². The van der Waals surface area contributed by atoms with Crippen LogP contribution in [0.5, 0.6) is 0 Å². The predicted octanol–water partition coefficient (Wildman–Crippen LogP) is 1.93. The van der Waals surface area contributed by atoms with Crippen molar-refractivity contribution in [1.29, 1.82) is 0 Å². The van der Waals surface area contributed by atoms with Crippen LogP contribution in [0.25, 0.3) is 0 Å². The van der Waals surface area contributed by atoms with Gasteiger partial charge in [0.15, 0.2) is 0 Å². The van der Waals surface area contributed by atoms with E-state index in [0.29, 0.717) is 36.4 Å². The van der Waals surface area contributed by atoms with Crippen LogP contribution in [0.2, 0.25) is 0 Å². The number of fused-ring (bicyclic) bond motifs is 1. The van der Waals surface area contributed by atoms with Crippen LogP contribution in [0.3, 0.4) is 0 Å². The number of nitrogens with one attached hydrogen (secondary N) is 1. The number of carbonyl (C=O) groups is 3. The molecule has 1 aromatic carbocycles. The van der Waals surface area contributed by atoms with Gasteiger partial charge in [0.25, 0.3) is 11.8 Å². The fraction of sp³-hybridized carbons (Fsp3) is 0.333. The molecule has 0 aliphatic carbocycles. The quantitative estimate of drug-likeness (QED) is 0.753. The molecule has 2 aromatic rings. The van der Waals surface area contributed by atoms with Gasteiger partial charge in [0.2, 0.25) is 5.91 Å². The molecule has 0 radical (unpaired) electrons. The first-order valence-corrected chi connectivity index (χ1v) is 9.67. The van der Waals surface area contributed by atoms with Crippen molar-refractivity contribution in [2.24, 2.45) is 0 Å². The van der Waals surface area contributed by atoms with Gasteiger partial charge < -0.3 is 15.0 Å². The van der Waals surface area contributed by atoms with E-state index in [0.717, 1.165) is 18.9 Å². The number of anilines is 2. The fourth-order valence-electron chi connectivity index (χ4n) is 3.50. The van der Waals surface area contributed by atoms with Crippen LogP contribution in [-0.2, 0) is 9.53 Å². The minimum atomic E-state index is -0.297. The third kappa shape index (κ3) is 4.12. The lowest BCUT2D eigenvalue weighted by atomic mass is 10.1. The number of carbonyl (C=O) groups excluding carboxylic acids is 3. The average Bonchev–Trinajstić information content (AvgIpc) is 3.00. The molecule has 0 bridgehead atoms. The molecule has 0 spiro atoms. The maximum atomic E-state index is 12.3. The Morgan fingerprint density at radius 3 is 2.34 bits per heavy atom. The zero-order chi connectivity index (χ0) is 20.2. The van der Waals surface area contributed by atoms with Crippen molar-refractivity contribution >= 4 is 29.2 Å². The third-order valence-electron chi connectivity index (χ3n) is 5.03. The van der Waals surface area contributed by atoms with E-state index in [2.05, 4.69) is 15.2 Å². The van der Waals surface area contributed by atoms with Gasteiger partial charge in [-0.05, 0) is 30.7 Å². The van der Waals surface area contributed by atoms with Gasteiger partial charge in [0.1, 0.15) is 5.82 Å². The Balaban J connectivity index is 1.25. The Hall–Kier alpha value is -3.26. The summed E-state index contributed by atoms with van der Waals surface area (Å²) in [5.41, 5.74) is 1.47. The van der Waals surface area contributed by atoms with E-state index in [1.165, 1.54) is 4.90 Å². The van der Waals surface area contributed by atoms with Crippen molar-refractivity contribution in [2.75, 3.05) is 43.1 Å². The van der Waals surface area contributed by atoms with Gasteiger partial charge in [-0.15, -0.1) is 0 Å². The molecular weight excluding hydrogens is 372 g/mol. The molecule has 3 heterocycles. The lowest BCUT2D eigenvalue weighted by Crippen LogP contribution is -2.36. The van der Waals surface area contributed by atoms with Gasteiger partial charge in [-0.2, -0.15) is 0 Å². The second kappa shape index (κ2) is 8.40. The molecule has 1 saturated heterocycles. The van der Waals surface area contributed by atoms with Crippen molar-refractivity contribution in [1.82, 2.24) is 9.88 Å². The van der Waals surface area contributed by atoms with Crippen molar-refractivity contribution in [2.45, 2.75) is 12.8 Å². The lowest BCUT2D eigenvalue weighted by molar-refractivity contribution is -0.116. The molecule has 4 rings (SSSR count). The molecule has 1 N–H and O–H groups in total. The number of ether oxygens (including phenoxy) is 1. The highest BCUT2D eigenvalue weighted by Gasteiger charge is 2.34. The lowest BCUT2D eigenvalue weighted by Gasteiger charge is -2.27. The zero-order valence-corrected chi connectivity index (χ0v) is 16.0. The molecule has 0 unspecified atom stereocenters. The summed E-state index contributed by atoms with van der Waals surface area (Å²) in [5.74, 6) is 0.0854. The van der Waals surface area contributed by atoms with Gasteiger partial charge in [0, 0.05) is 26.1 Å². The topological polar surface area (TPSA) is 91.8 Å². The fourth-order valence-corrected chi connectivity index (χ4v) is 3.50. The Bertz CT molecular complexity index is 888. The molecule has 0 atom stereocenters. The molecule has 150 valence electrons. The summed E-state index contributed by atoms with van der Waals surface area (Å²) in [6.07, 6.45) is 2.24. The highest BCUT2D eigenvalue weighted by atomic mass is 16.5. The van der Waals surface area contributed by atoms with E-state index in [1.807, 2.05) is 12.1 Å². The SMILES string of the molecule is O=C(CCCN1C(=O)c2ccccc2C1=O)Nc1ccc(N2CCOCC2)nc1. The Morgan fingerprint density at radius 1 is 1.03 bits per heavy atom. The van der Waals surface area contributed by atoms with Crippen molar-refractivity contribution in [3.8, 4) is 0 Å². The molecule has 2 aliphatic heterocycles. The summed E-state index contributed by atoms with van der Waals surface area (Å²) in [6, 6.07) is 10.5. The van der Waals surface area contributed by atoms with E-state index in [9.17, 15) is 14.4 Å². The Kier molecular flexibility index (Phi) is 5.53. The predicted molar refractivity (Wildman–Crippen MR) is 107 cm³/mol. The zero-order valence-electron chi connectivity index (χ0n) is 16.0. The highest BCUT2D eigenvalue weighted by Crippen LogP contribution is 2.22. The van der Waals surface area contributed by atoms with E-state index in [-0.39, 0.29) is 30.7 Å². The van der Waals surface area contributed by atoms with Crippen LogP contribution < -0.4 is 10.2 Å². The maximum absolute atomic E-state index is 12.3. The van der Waals surface area contributed by atoms with Crippen molar-refractivity contribution < 1.29 is 19.1 Å². The normalized spacial score (nSPS) is 16.1. The second-order valence-electron chi connectivity index (χ2n) is 6.96. The summed E-state index contributed by atoms with van der Waals surface area (Å²) < 4.78 is 5.33. The van der Waals surface area contributed by atoms with E-state index in [1.54, 1.807) is 30.5 Å². The molecule has 2 aliphatic rings. The molecule has 29 heavy (non-hydrogen) atoms. The molecule has 8 heteroatoms. The summed E-state index contributed by atoms with van der Waals surface area (Å²) >= 11 is 0. The van der Waals surface area contributed by atoms with Gasteiger partial charge in [-0.3, -0.25) is 19.3 Å². The third-order valence-corrected chi connectivity index (χ3v) is 5.03. The van der Waals surface area contributed by atoms with Gasteiger partial charge in [-0.25, -0.2) is 4.98 Å². The number of rotatable bonds is 6. The number of morpholine rings is 1. The minimum absolute atomic E-state index is 0.178. The maximum Gasteiger partial charge on any atom is 0.261 e. The first kappa shape index (κ1) is 19.1. The van der Waals surface area contributed by atoms with E-state index >= 15 is 0 Å². The van der Waals surface area contributed by atoms with Crippen LogP contribution in [0.15, 0.2) is 42.6 Å². The molecule has 3 amide bonds. The summed E-state index contributed by atoms with van der Waals surface area (Å²) in [7, 11) is 0. The summed E-state index contributed by atoms with van der Waals surface area (Å²) in [6.45, 7) is 3.20. The Morgan fingerprint density at radius 2 is 1.72 bits per heavy atom. The number of benzene rings is 1. The van der Waals surface area contributed by atoms with Crippen LogP contribution in [0.4, 0.5) is 11.5 Å². The number of hydrogen-bond donors (Lipinski definition) is 1. The van der Waals surface area contributed by atoms with Crippen molar-refractivity contribution in [3.05, 3.63) is 53.7 Å². The average molecular weight is 394 g/mol. The second-order valence-corrected chi connectivity index (χ2v) is 6.96. The number of aromatic nitrogens is 1. The molecule has 0 saturated carbocycles. The number of hydrogen-bond acceptors (Lipinski definition) is 6. The van der Waals surface area contributed by atoms with Crippen LogP contribution in [0, 0.1) is 0 Å². The standard InChI is InChI=1S/C21H22N4O4/c26-19(23-15-7-8-18(22-14-15)24-10-12-29-13-11-24)6-3-9-25-20(27)16-4-1-2-5-17(16)21(25)28/h1-2,4-5,7-8,14H,3,6,9-13H2,(H,23,26). The van der Waals surface area contributed by atoms with Gasteiger partial charge >= 0.3 is 0 Å². The van der Waals surface area contributed by atoms with Crippen LogP contribution >= 0.6 is 0 Å². The monoisotopic (exact) mass is 394 g/mol. The van der Waals surface area contributed by atoms with Crippen LogP contribution in [0.1, 0.15) is 33.6 Å². The molecule has 8 nitrogen and oxygen atoms in total. The largest absolute Gasteiger partial charge is 0.378 e. The van der Waals surface area contributed by atoms with Crippen LogP contribution in [-0.4, -0.2) is 60.5 Å².